The Labute approximate surface area is 169 Å². The first-order chi connectivity index (χ1) is 11.6. The van der Waals surface area contributed by atoms with Crippen LogP contribution in [0.4, 0.5) is 0 Å². The summed E-state index contributed by atoms with van der Waals surface area (Å²) in [5.74, 6) is 0.967. The number of benzene rings is 1. The van der Waals surface area contributed by atoms with E-state index in [4.69, 9.17) is 9.73 Å². The minimum absolute atomic E-state index is 0. The van der Waals surface area contributed by atoms with Gasteiger partial charge in [0.2, 0.25) is 0 Å². The van der Waals surface area contributed by atoms with Crippen molar-refractivity contribution >= 4 is 29.9 Å². The van der Waals surface area contributed by atoms with Crippen molar-refractivity contribution in [1.82, 2.24) is 15.1 Å². The van der Waals surface area contributed by atoms with E-state index in [1.807, 2.05) is 6.07 Å². The Morgan fingerprint density at radius 3 is 2.76 bits per heavy atom. The largest absolute Gasteiger partial charge is 0.379 e. The van der Waals surface area contributed by atoms with Crippen LogP contribution in [0.15, 0.2) is 35.3 Å². The van der Waals surface area contributed by atoms with E-state index in [2.05, 4.69) is 67.2 Å². The number of hydrogen-bond donors (Lipinski definition) is 1. The molecule has 2 unspecified atom stereocenters. The highest BCUT2D eigenvalue weighted by atomic mass is 127. The fourth-order valence-corrected chi connectivity index (χ4v) is 3.12. The van der Waals surface area contributed by atoms with E-state index in [1.165, 1.54) is 5.56 Å². The molecule has 1 aliphatic heterocycles. The highest BCUT2D eigenvalue weighted by Crippen LogP contribution is 2.11. The second-order valence-electron chi connectivity index (χ2n) is 6.55. The summed E-state index contributed by atoms with van der Waals surface area (Å²) < 4.78 is 5.53. The van der Waals surface area contributed by atoms with Crippen LogP contribution in [-0.2, 0) is 11.3 Å². The second-order valence-corrected chi connectivity index (χ2v) is 6.55. The predicted molar refractivity (Wildman–Crippen MR) is 116 cm³/mol. The van der Waals surface area contributed by atoms with E-state index in [1.54, 1.807) is 0 Å². The van der Waals surface area contributed by atoms with Crippen LogP contribution in [0.3, 0.4) is 0 Å². The summed E-state index contributed by atoms with van der Waals surface area (Å²) in [6, 6.07) is 11.4. The molecule has 1 aromatic carbocycles. The van der Waals surface area contributed by atoms with Crippen LogP contribution in [0.2, 0.25) is 0 Å². The molecule has 0 aliphatic carbocycles. The van der Waals surface area contributed by atoms with Gasteiger partial charge >= 0.3 is 0 Å². The van der Waals surface area contributed by atoms with Crippen molar-refractivity contribution in [2.24, 2.45) is 4.99 Å². The van der Waals surface area contributed by atoms with Crippen molar-refractivity contribution in [3.8, 4) is 0 Å². The van der Waals surface area contributed by atoms with Gasteiger partial charge in [-0.2, -0.15) is 0 Å². The Bertz CT molecular complexity index is 511. The number of halogens is 1. The Balaban J connectivity index is 0.00000312. The molecule has 0 saturated carbocycles. The molecule has 1 aromatic rings. The zero-order valence-corrected chi connectivity index (χ0v) is 18.3. The Morgan fingerprint density at radius 1 is 1.40 bits per heavy atom. The molecule has 2 rings (SSSR count). The van der Waals surface area contributed by atoms with Gasteiger partial charge in [0, 0.05) is 38.8 Å². The Kier molecular flexibility index (Phi) is 10.4. The number of morpholine rings is 1. The number of nitrogens with zero attached hydrogens (tertiary/aromatic N) is 3. The molecule has 1 saturated heterocycles. The van der Waals surface area contributed by atoms with E-state index in [-0.39, 0.29) is 24.0 Å². The number of nitrogens with one attached hydrogen (secondary N) is 1. The van der Waals surface area contributed by atoms with Gasteiger partial charge < -0.3 is 15.0 Å². The normalized spacial score (nSPS) is 19.8. The summed E-state index contributed by atoms with van der Waals surface area (Å²) in [7, 11) is 2.09. The molecular weight excluding hydrogens is 427 g/mol. The van der Waals surface area contributed by atoms with Crippen molar-refractivity contribution in [3.63, 3.8) is 0 Å². The van der Waals surface area contributed by atoms with E-state index in [0.717, 1.165) is 45.4 Å². The fourth-order valence-electron chi connectivity index (χ4n) is 3.12. The highest BCUT2D eigenvalue weighted by molar-refractivity contribution is 14.0. The average molecular weight is 460 g/mol. The van der Waals surface area contributed by atoms with Crippen LogP contribution >= 0.6 is 24.0 Å². The van der Waals surface area contributed by atoms with E-state index in [0.29, 0.717) is 12.1 Å². The summed E-state index contributed by atoms with van der Waals surface area (Å²) in [6.45, 7) is 11.8. The van der Waals surface area contributed by atoms with Gasteiger partial charge in [0.1, 0.15) is 0 Å². The molecule has 25 heavy (non-hydrogen) atoms. The van der Waals surface area contributed by atoms with Crippen molar-refractivity contribution in [1.29, 1.82) is 0 Å². The van der Waals surface area contributed by atoms with Gasteiger partial charge in [-0.25, -0.2) is 0 Å². The van der Waals surface area contributed by atoms with Gasteiger partial charge in [0.05, 0.1) is 19.8 Å². The molecule has 0 bridgehead atoms. The molecule has 1 heterocycles. The van der Waals surface area contributed by atoms with Crippen molar-refractivity contribution < 1.29 is 4.74 Å². The van der Waals surface area contributed by atoms with Crippen LogP contribution in [0, 0.1) is 0 Å². The molecule has 2 atom stereocenters. The molecule has 0 radical (unpaired) electrons. The van der Waals surface area contributed by atoms with Crippen LogP contribution in [0.1, 0.15) is 26.3 Å². The molecule has 0 spiro atoms. The summed E-state index contributed by atoms with van der Waals surface area (Å²) in [5.41, 5.74) is 1.29. The zero-order valence-electron chi connectivity index (χ0n) is 15.9. The molecule has 1 fully saturated rings. The standard InChI is InChI=1S/C19H32N4O.HI/c1-5-20-19(22(4)14-18-9-7-6-8-10-18)21-13-16(2)23-11-12-24-15-17(23)3;/h6-10,16-17H,5,11-15H2,1-4H3,(H,20,21);1H. The van der Waals surface area contributed by atoms with Crippen LogP contribution in [-0.4, -0.2) is 67.7 Å². The quantitative estimate of drug-likeness (QED) is 0.403. The third kappa shape index (κ3) is 7.11. The number of guanidine groups is 1. The molecule has 1 N–H and O–H groups in total. The van der Waals surface area contributed by atoms with Crippen LogP contribution in [0.25, 0.3) is 0 Å². The predicted octanol–water partition coefficient (Wildman–Crippen LogP) is 2.81. The van der Waals surface area contributed by atoms with E-state index < -0.39 is 0 Å². The number of aliphatic imine (C=N–C) groups is 1. The maximum Gasteiger partial charge on any atom is 0.194 e. The fraction of sp³-hybridized carbons (Fsp3) is 0.632. The number of rotatable bonds is 6. The Morgan fingerprint density at radius 2 is 2.12 bits per heavy atom. The molecule has 0 aromatic heterocycles. The number of ether oxygens (including phenoxy) is 1. The van der Waals surface area contributed by atoms with Gasteiger partial charge in [-0.1, -0.05) is 30.3 Å². The van der Waals surface area contributed by atoms with Gasteiger partial charge in [0.25, 0.3) is 0 Å². The minimum atomic E-state index is 0. The Hall–Kier alpha value is -0.860. The molecule has 1 aliphatic rings. The van der Waals surface area contributed by atoms with Gasteiger partial charge in [0.15, 0.2) is 5.96 Å². The summed E-state index contributed by atoms with van der Waals surface area (Å²) in [5, 5.41) is 3.40. The maximum atomic E-state index is 5.53. The van der Waals surface area contributed by atoms with Crippen molar-refractivity contribution in [2.45, 2.75) is 39.4 Å². The monoisotopic (exact) mass is 460 g/mol. The molecule has 142 valence electrons. The maximum absolute atomic E-state index is 5.53. The topological polar surface area (TPSA) is 40.1 Å². The van der Waals surface area contributed by atoms with E-state index in [9.17, 15) is 0 Å². The van der Waals surface area contributed by atoms with Gasteiger partial charge in [-0.15, -0.1) is 24.0 Å². The molecule has 6 heteroatoms. The lowest BCUT2D eigenvalue weighted by molar-refractivity contribution is -0.0166. The molecule has 5 nitrogen and oxygen atoms in total. The van der Waals surface area contributed by atoms with Crippen molar-refractivity contribution in [2.75, 3.05) is 39.9 Å². The third-order valence-corrected chi connectivity index (χ3v) is 4.45. The van der Waals surface area contributed by atoms with Gasteiger partial charge in [-0.05, 0) is 26.3 Å². The first kappa shape index (κ1) is 22.2. The number of hydrogen-bond acceptors (Lipinski definition) is 3. The lowest BCUT2D eigenvalue weighted by Crippen LogP contribution is -2.49. The summed E-state index contributed by atoms with van der Waals surface area (Å²) in [6.07, 6.45) is 0. The average Bonchev–Trinajstić information content (AvgIpc) is 2.59. The minimum Gasteiger partial charge on any atom is -0.379 e. The summed E-state index contributed by atoms with van der Waals surface area (Å²) >= 11 is 0. The second kappa shape index (κ2) is 11.7. The van der Waals surface area contributed by atoms with Crippen LogP contribution < -0.4 is 5.32 Å². The van der Waals surface area contributed by atoms with E-state index >= 15 is 0 Å². The van der Waals surface area contributed by atoms with Crippen LogP contribution in [0.5, 0.6) is 0 Å². The first-order valence-corrected chi connectivity index (χ1v) is 8.98. The van der Waals surface area contributed by atoms with Crippen molar-refractivity contribution in [3.05, 3.63) is 35.9 Å². The first-order valence-electron chi connectivity index (χ1n) is 8.98. The third-order valence-electron chi connectivity index (χ3n) is 4.45. The highest BCUT2D eigenvalue weighted by Gasteiger charge is 2.23. The summed E-state index contributed by atoms with van der Waals surface area (Å²) in [4.78, 5) is 9.55. The SMILES string of the molecule is CCNC(=NCC(C)N1CCOCC1C)N(C)Cc1ccccc1.I. The smallest absolute Gasteiger partial charge is 0.194 e. The molecule has 0 amide bonds. The lowest BCUT2D eigenvalue weighted by atomic mass is 10.2. The zero-order chi connectivity index (χ0) is 17.4. The lowest BCUT2D eigenvalue weighted by Gasteiger charge is -2.37. The van der Waals surface area contributed by atoms with Gasteiger partial charge in [-0.3, -0.25) is 9.89 Å². The molecular formula is C19H33IN4O.